The summed E-state index contributed by atoms with van der Waals surface area (Å²) < 4.78 is 5.45. The average Bonchev–Trinajstić information content (AvgIpc) is 2.89. The van der Waals surface area contributed by atoms with Crippen LogP contribution >= 0.6 is 23.4 Å². The fourth-order valence-corrected chi connectivity index (χ4v) is 3.32. The first-order valence-corrected chi connectivity index (χ1v) is 9.09. The van der Waals surface area contributed by atoms with Crippen LogP contribution in [0.4, 0.5) is 4.79 Å². The Morgan fingerprint density at radius 3 is 2.50 bits per heavy atom. The van der Waals surface area contributed by atoms with Crippen molar-refractivity contribution in [1.29, 1.82) is 0 Å². The topological polar surface area (TPSA) is 66.8 Å². The van der Waals surface area contributed by atoms with Crippen molar-refractivity contribution in [2.75, 3.05) is 13.2 Å². The third-order valence-electron chi connectivity index (χ3n) is 3.62. The number of rotatable bonds is 6. The second-order valence-corrected chi connectivity index (χ2v) is 7.05. The Kier molecular flexibility index (Phi) is 5.98. The second-order valence-electron chi connectivity index (χ2n) is 5.62. The van der Waals surface area contributed by atoms with Crippen LogP contribution in [0.1, 0.15) is 5.56 Å². The van der Waals surface area contributed by atoms with Crippen molar-refractivity contribution in [3.8, 4) is 5.75 Å². The number of hydrogen-bond donors (Lipinski definition) is 1. The number of imide groups is 1. The normalized spacial score (nSPS) is 17.0. The number of aliphatic hydroxyl groups is 1. The summed E-state index contributed by atoms with van der Waals surface area (Å²) in [6, 6.07) is 16.0. The number of hydrogen-bond acceptors (Lipinski definition) is 5. The highest BCUT2D eigenvalue weighted by Gasteiger charge is 2.36. The molecule has 1 fully saturated rings. The van der Waals surface area contributed by atoms with E-state index in [0.29, 0.717) is 15.7 Å². The maximum absolute atomic E-state index is 12.4. The predicted octanol–water partition coefficient (Wildman–Crippen LogP) is 3.82. The second kappa shape index (κ2) is 8.40. The minimum atomic E-state index is -0.991. The lowest BCUT2D eigenvalue weighted by molar-refractivity contribution is -0.123. The number of benzene rings is 2. The molecule has 7 heteroatoms. The summed E-state index contributed by atoms with van der Waals surface area (Å²) in [6.45, 7) is -0.161. The summed E-state index contributed by atoms with van der Waals surface area (Å²) in [5, 5.41) is 10.3. The zero-order valence-corrected chi connectivity index (χ0v) is 15.2. The fourth-order valence-electron chi connectivity index (χ4n) is 2.34. The van der Waals surface area contributed by atoms with Crippen molar-refractivity contribution in [1.82, 2.24) is 4.90 Å². The molecule has 1 unspecified atom stereocenters. The Labute approximate surface area is 160 Å². The molecular weight excluding hydrogens is 374 g/mol. The van der Waals surface area contributed by atoms with E-state index in [2.05, 4.69) is 0 Å². The highest BCUT2D eigenvalue weighted by atomic mass is 35.5. The first-order valence-electron chi connectivity index (χ1n) is 7.90. The van der Waals surface area contributed by atoms with Crippen molar-refractivity contribution < 1.29 is 19.4 Å². The van der Waals surface area contributed by atoms with E-state index < -0.39 is 17.3 Å². The molecule has 2 aromatic carbocycles. The Hall–Kier alpha value is -2.28. The van der Waals surface area contributed by atoms with Crippen LogP contribution in [0.3, 0.4) is 0 Å². The minimum Gasteiger partial charge on any atom is -0.491 e. The molecule has 0 saturated carbocycles. The van der Waals surface area contributed by atoms with Gasteiger partial charge in [-0.25, -0.2) is 0 Å². The largest absolute Gasteiger partial charge is 0.491 e. The van der Waals surface area contributed by atoms with E-state index in [1.165, 1.54) is 0 Å². The smallest absolute Gasteiger partial charge is 0.293 e. The van der Waals surface area contributed by atoms with E-state index in [1.807, 2.05) is 30.3 Å². The van der Waals surface area contributed by atoms with Gasteiger partial charge >= 0.3 is 0 Å². The Morgan fingerprint density at radius 1 is 1.12 bits per heavy atom. The average molecular weight is 390 g/mol. The molecule has 5 nitrogen and oxygen atoms in total. The first kappa shape index (κ1) is 18.5. The van der Waals surface area contributed by atoms with Gasteiger partial charge in [0.25, 0.3) is 11.1 Å². The third kappa shape index (κ3) is 4.66. The summed E-state index contributed by atoms with van der Waals surface area (Å²) >= 11 is 6.66. The summed E-state index contributed by atoms with van der Waals surface area (Å²) in [6.07, 6.45) is 0.678. The molecule has 1 N–H and O–H groups in total. The van der Waals surface area contributed by atoms with Gasteiger partial charge in [-0.2, -0.15) is 0 Å². The molecule has 1 heterocycles. The number of carbonyl (C=O) groups excluding carboxylic acids is 2. The molecule has 26 heavy (non-hydrogen) atoms. The molecule has 2 aromatic rings. The maximum Gasteiger partial charge on any atom is 0.293 e. The molecule has 1 aliphatic rings. The maximum atomic E-state index is 12.4. The van der Waals surface area contributed by atoms with Gasteiger partial charge in [0.15, 0.2) is 0 Å². The van der Waals surface area contributed by atoms with Gasteiger partial charge in [0.05, 0.1) is 11.4 Å². The van der Waals surface area contributed by atoms with Crippen molar-refractivity contribution in [3.63, 3.8) is 0 Å². The SMILES string of the molecule is O=C1S/C(=C\c2ccccc2)C(=O)N1CC(O)COc1ccc(Cl)cc1. The Balaban J connectivity index is 1.58. The van der Waals surface area contributed by atoms with Crippen LogP contribution in [0.15, 0.2) is 59.5 Å². The van der Waals surface area contributed by atoms with Crippen molar-refractivity contribution >= 4 is 40.6 Å². The van der Waals surface area contributed by atoms with Crippen molar-refractivity contribution in [2.24, 2.45) is 0 Å². The molecule has 1 atom stereocenters. The van der Waals surface area contributed by atoms with Gasteiger partial charge in [-0.3, -0.25) is 14.5 Å². The monoisotopic (exact) mass is 389 g/mol. The lowest BCUT2D eigenvalue weighted by Crippen LogP contribution is -2.38. The fraction of sp³-hybridized carbons (Fsp3) is 0.158. The number of amides is 2. The summed E-state index contributed by atoms with van der Waals surface area (Å²) in [5.41, 5.74) is 0.838. The van der Waals surface area contributed by atoms with E-state index in [4.69, 9.17) is 16.3 Å². The van der Waals surface area contributed by atoms with Crippen LogP contribution in [0.5, 0.6) is 5.75 Å². The highest BCUT2D eigenvalue weighted by Crippen LogP contribution is 2.32. The lowest BCUT2D eigenvalue weighted by Gasteiger charge is -2.18. The van der Waals surface area contributed by atoms with E-state index in [0.717, 1.165) is 22.2 Å². The quantitative estimate of drug-likeness (QED) is 0.761. The van der Waals surface area contributed by atoms with Crippen LogP contribution in [0, 0.1) is 0 Å². The van der Waals surface area contributed by atoms with Crippen LogP contribution in [-0.2, 0) is 4.79 Å². The molecule has 0 bridgehead atoms. The number of thioether (sulfide) groups is 1. The summed E-state index contributed by atoms with van der Waals surface area (Å²) in [5.74, 6) is 0.140. The molecule has 1 saturated heterocycles. The molecular formula is C19H16ClNO4S. The molecule has 1 aliphatic heterocycles. The zero-order chi connectivity index (χ0) is 18.5. The number of carbonyl (C=O) groups is 2. The number of aliphatic hydroxyl groups excluding tert-OH is 1. The number of nitrogens with zero attached hydrogens (tertiary/aromatic N) is 1. The van der Waals surface area contributed by atoms with Crippen LogP contribution < -0.4 is 4.74 Å². The summed E-state index contributed by atoms with van der Waals surface area (Å²) in [7, 11) is 0. The van der Waals surface area contributed by atoms with Crippen LogP contribution in [0.2, 0.25) is 5.02 Å². The Bertz CT molecular complexity index is 823. The van der Waals surface area contributed by atoms with Gasteiger partial charge in [-0.1, -0.05) is 41.9 Å². The molecule has 0 radical (unpaired) electrons. The molecule has 2 amide bonds. The third-order valence-corrected chi connectivity index (χ3v) is 4.78. The van der Waals surface area contributed by atoms with Gasteiger partial charge < -0.3 is 9.84 Å². The number of β-amino-alcohol motifs (C(OH)–C–C–N with tert-alkyl or cyclic N) is 1. The van der Waals surface area contributed by atoms with Crippen LogP contribution in [-0.4, -0.2) is 40.4 Å². The number of halogens is 1. The van der Waals surface area contributed by atoms with Gasteiger partial charge in [-0.05, 0) is 47.7 Å². The predicted molar refractivity (Wildman–Crippen MR) is 102 cm³/mol. The van der Waals surface area contributed by atoms with E-state index >= 15 is 0 Å². The molecule has 3 rings (SSSR count). The van der Waals surface area contributed by atoms with E-state index in [1.54, 1.807) is 30.3 Å². The zero-order valence-electron chi connectivity index (χ0n) is 13.7. The van der Waals surface area contributed by atoms with Gasteiger partial charge in [0.2, 0.25) is 0 Å². The summed E-state index contributed by atoms with van der Waals surface area (Å²) in [4.78, 5) is 25.9. The number of ether oxygens (including phenoxy) is 1. The van der Waals surface area contributed by atoms with Gasteiger partial charge in [0, 0.05) is 5.02 Å². The molecule has 0 aliphatic carbocycles. The van der Waals surface area contributed by atoms with Crippen molar-refractivity contribution in [3.05, 3.63) is 70.1 Å². The van der Waals surface area contributed by atoms with E-state index in [-0.39, 0.29) is 13.2 Å². The van der Waals surface area contributed by atoms with Crippen molar-refractivity contribution in [2.45, 2.75) is 6.10 Å². The van der Waals surface area contributed by atoms with Crippen LogP contribution in [0.25, 0.3) is 6.08 Å². The molecule has 0 aromatic heterocycles. The first-order chi connectivity index (χ1) is 12.5. The minimum absolute atomic E-state index is 0.0406. The van der Waals surface area contributed by atoms with Gasteiger partial charge in [-0.15, -0.1) is 0 Å². The van der Waals surface area contributed by atoms with E-state index in [9.17, 15) is 14.7 Å². The highest BCUT2D eigenvalue weighted by molar-refractivity contribution is 8.18. The standard InChI is InChI=1S/C19H16ClNO4S/c20-14-6-8-16(9-7-14)25-12-15(22)11-21-18(23)17(26-19(21)24)10-13-4-2-1-3-5-13/h1-10,15,22H,11-12H2/b17-10-. The molecule has 134 valence electrons. The van der Waals surface area contributed by atoms with Gasteiger partial charge in [0.1, 0.15) is 18.5 Å². The molecule has 0 spiro atoms. The lowest BCUT2D eigenvalue weighted by atomic mass is 10.2. The Morgan fingerprint density at radius 2 is 1.81 bits per heavy atom.